The van der Waals surface area contributed by atoms with Crippen LogP contribution in [0.4, 0.5) is 18.9 Å². The van der Waals surface area contributed by atoms with Gasteiger partial charge in [-0.3, -0.25) is 0 Å². The van der Waals surface area contributed by atoms with Crippen molar-refractivity contribution >= 4 is 15.5 Å². The van der Waals surface area contributed by atoms with Crippen molar-refractivity contribution in [1.82, 2.24) is 0 Å². The summed E-state index contributed by atoms with van der Waals surface area (Å²) >= 11 is 0. The molecule has 0 spiro atoms. The number of rotatable bonds is 6. The first-order valence-corrected chi connectivity index (χ1v) is 7.12. The molecule has 1 aromatic rings. The van der Waals surface area contributed by atoms with Gasteiger partial charge in [-0.2, -0.15) is 13.2 Å². The molecule has 0 aliphatic carbocycles. The summed E-state index contributed by atoms with van der Waals surface area (Å²) in [6, 6.07) is 4.05. The standard InChI is InChI=1S/C11H14F3NO4S/c1-18-8-2-3-9(15)10(6-8)20(16,17)5-4-19-7-11(12,13)14/h2-3,6H,4-5,7,15H2,1H3. The van der Waals surface area contributed by atoms with Crippen LogP contribution in [0, 0.1) is 0 Å². The Hall–Kier alpha value is -1.48. The first kappa shape index (κ1) is 16.6. The van der Waals surface area contributed by atoms with E-state index in [0.717, 1.165) is 0 Å². The lowest BCUT2D eigenvalue weighted by molar-refractivity contribution is -0.172. The van der Waals surface area contributed by atoms with Gasteiger partial charge in [-0.05, 0) is 12.1 Å². The monoisotopic (exact) mass is 313 g/mol. The number of nitrogens with two attached hydrogens (primary N) is 1. The second-order valence-corrected chi connectivity index (χ2v) is 5.97. The lowest BCUT2D eigenvalue weighted by Crippen LogP contribution is -2.21. The zero-order valence-corrected chi connectivity index (χ0v) is 11.4. The normalized spacial score (nSPS) is 12.4. The number of methoxy groups -OCH3 is 1. The van der Waals surface area contributed by atoms with Crippen molar-refractivity contribution in [3.8, 4) is 5.75 Å². The average molecular weight is 313 g/mol. The van der Waals surface area contributed by atoms with Crippen LogP contribution in [0.1, 0.15) is 0 Å². The molecule has 0 aliphatic rings. The van der Waals surface area contributed by atoms with E-state index in [9.17, 15) is 21.6 Å². The number of benzene rings is 1. The summed E-state index contributed by atoms with van der Waals surface area (Å²) in [5.41, 5.74) is 5.55. The number of halogens is 3. The zero-order chi connectivity index (χ0) is 15.4. The fraction of sp³-hybridized carbons (Fsp3) is 0.455. The van der Waals surface area contributed by atoms with Gasteiger partial charge >= 0.3 is 6.18 Å². The van der Waals surface area contributed by atoms with Crippen LogP contribution in [0.3, 0.4) is 0 Å². The predicted octanol–water partition coefficient (Wildman–Crippen LogP) is 1.63. The highest BCUT2D eigenvalue weighted by Gasteiger charge is 2.28. The number of ether oxygens (including phenoxy) is 2. The Balaban J connectivity index is 2.74. The summed E-state index contributed by atoms with van der Waals surface area (Å²) in [6.07, 6.45) is -4.49. The Kier molecular flexibility index (Phi) is 5.23. The van der Waals surface area contributed by atoms with Crippen molar-refractivity contribution in [2.24, 2.45) is 0 Å². The van der Waals surface area contributed by atoms with Crippen LogP contribution in [-0.4, -0.2) is 40.7 Å². The minimum absolute atomic E-state index is 0.00150. The number of sulfone groups is 1. The van der Waals surface area contributed by atoms with Gasteiger partial charge in [0.05, 0.1) is 30.1 Å². The lowest BCUT2D eigenvalue weighted by atomic mass is 10.3. The highest BCUT2D eigenvalue weighted by atomic mass is 32.2. The molecule has 0 saturated heterocycles. The number of alkyl halides is 3. The summed E-state index contributed by atoms with van der Waals surface area (Å²) < 4.78 is 68.6. The predicted molar refractivity (Wildman–Crippen MR) is 66.3 cm³/mol. The SMILES string of the molecule is COc1ccc(N)c(S(=O)(=O)CCOCC(F)(F)F)c1. The van der Waals surface area contributed by atoms with Crippen LogP contribution in [0.25, 0.3) is 0 Å². The van der Waals surface area contributed by atoms with E-state index in [4.69, 9.17) is 10.5 Å². The van der Waals surface area contributed by atoms with Crippen molar-refractivity contribution < 1.29 is 31.1 Å². The largest absolute Gasteiger partial charge is 0.497 e. The quantitative estimate of drug-likeness (QED) is 0.638. The van der Waals surface area contributed by atoms with Crippen LogP contribution < -0.4 is 10.5 Å². The first-order valence-electron chi connectivity index (χ1n) is 5.46. The molecule has 0 bridgehead atoms. The van der Waals surface area contributed by atoms with Crippen molar-refractivity contribution in [2.75, 3.05) is 31.8 Å². The zero-order valence-electron chi connectivity index (χ0n) is 10.6. The maximum atomic E-state index is 11.9. The number of anilines is 1. The van der Waals surface area contributed by atoms with E-state index in [1.165, 1.54) is 25.3 Å². The van der Waals surface area contributed by atoms with Gasteiger partial charge in [0.15, 0.2) is 9.84 Å². The second-order valence-electron chi connectivity index (χ2n) is 3.89. The summed E-state index contributed by atoms with van der Waals surface area (Å²) in [4.78, 5) is -0.188. The Morgan fingerprint density at radius 2 is 1.95 bits per heavy atom. The minimum Gasteiger partial charge on any atom is -0.497 e. The molecule has 0 unspecified atom stereocenters. The molecule has 0 aromatic heterocycles. The van der Waals surface area contributed by atoms with Crippen molar-refractivity contribution in [1.29, 1.82) is 0 Å². The van der Waals surface area contributed by atoms with Gasteiger partial charge in [0.25, 0.3) is 0 Å². The van der Waals surface area contributed by atoms with Crippen molar-refractivity contribution in [3.05, 3.63) is 18.2 Å². The molecule has 1 aromatic carbocycles. The number of hydrogen-bond donors (Lipinski definition) is 1. The highest BCUT2D eigenvalue weighted by Crippen LogP contribution is 2.25. The van der Waals surface area contributed by atoms with E-state index in [2.05, 4.69) is 4.74 Å². The van der Waals surface area contributed by atoms with Crippen LogP contribution in [-0.2, 0) is 14.6 Å². The van der Waals surface area contributed by atoms with E-state index in [1.807, 2.05) is 0 Å². The third kappa shape index (κ3) is 4.89. The van der Waals surface area contributed by atoms with E-state index < -0.39 is 35.0 Å². The summed E-state index contributed by atoms with van der Waals surface area (Å²) in [7, 11) is -2.48. The molecule has 0 aliphatic heterocycles. The Labute approximate surface area is 114 Å². The van der Waals surface area contributed by atoms with Crippen molar-refractivity contribution in [3.63, 3.8) is 0 Å². The minimum atomic E-state index is -4.49. The molecule has 0 atom stereocenters. The van der Waals surface area contributed by atoms with E-state index in [1.54, 1.807) is 0 Å². The number of hydrogen-bond acceptors (Lipinski definition) is 5. The molecule has 20 heavy (non-hydrogen) atoms. The van der Waals surface area contributed by atoms with Gasteiger partial charge in [-0.1, -0.05) is 0 Å². The van der Waals surface area contributed by atoms with E-state index >= 15 is 0 Å². The van der Waals surface area contributed by atoms with Crippen molar-refractivity contribution in [2.45, 2.75) is 11.1 Å². The summed E-state index contributed by atoms with van der Waals surface area (Å²) in [5, 5.41) is 0. The molecule has 5 nitrogen and oxygen atoms in total. The smallest absolute Gasteiger partial charge is 0.411 e. The Morgan fingerprint density at radius 3 is 2.50 bits per heavy atom. The van der Waals surface area contributed by atoms with Crippen LogP contribution in [0.5, 0.6) is 5.75 Å². The molecule has 0 fully saturated rings. The second kappa shape index (κ2) is 6.31. The third-order valence-electron chi connectivity index (χ3n) is 2.32. The fourth-order valence-electron chi connectivity index (χ4n) is 1.38. The van der Waals surface area contributed by atoms with Gasteiger partial charge in [-0.25, -0.2) is 8.42 Å². The molecule has 114 valence electrons. The number of nitrogen functional groups attached to an aromatic ring is 1. The maximum Gasteiger partial charge on any atom is 0.411 e. The molecule has 2 N–H and O–H groups in total. The lowest BCUT2D eigenvalue weighted by Gasteiger charge is -2.10. The third-order valence-corrected chi connectivity index (χ3v) is 4.05. The van der Waals surface area contributed by atoms with E-state index in [-0.39, 0.29) is 16.3 Å². The van der Waals surface area contributed by atoms with E-state index in [0.29, 0.717) is 0 Å². The summed E-state index contributed by atoms with van der Waals surface area (Å²) in [6.45, 7) is -2.06. The molecular formula is C11H14F3NO4S. The van der Waals surface area contributed by atoms with Crippen LogP contribution in [0.15, 0.2) is 23.1 Å². The highest BCUT2D eigenvalue weighted by molar-refractivity contribution is 7.91. The Bertz CT molecular complexity index is 557. The molecule has 9 heteroatoms. The van der Waals surface area contributed by atoms with Gasteiger partial charge in [-0.15, -0.1) is 0 Å². The molecular weight excluding hydrogens is 299 g/mol. The van der Waals surface area contributed by atoms with Gasteiger partial charge in [0.1, 0.15) is 12.4 Å². The van der Waals surface area contributed by atoms with Gasteiger partial charge in [0, 0.05) is 6.07 Å². The molecule has 0 amide bonds. The summed E-state index contributed by atoms with van der Waals surface area (Å²) in [5.74, 6) is -0.311. The molecule has 0 saturated carbocycles. The first-order chi connectivity index (χ1) is 9.15. The van der Waals surface area contributed by atoms with Gasteiger partial charge in [0.2, 0.25) is 0 Å². The molecule has 1 rings (SSSR count). The average Bonchev–Trinajstić information content (AvgIpc) is 2.34. The maximum absolute atomic E-state index is 11.9. The Morgan fingerprint density at radius 1 is 1.30 bits per heavy atom. The van der Waals surface area contributed by atoms with Crippen LogP contribution in [0.2, 0.25) is 0 Å². The molecule has 0 heterocycles. The van der Waals surface area contributed by atoms with Crippen LogP contribution >= 0.6 is 0 Å². The molecule has 0 radical (unpaired) electrons. The fourth-order valence-corrected chi connectivity index (χ4v) is 2.66. The van der Waals surface area contributed by atoms with Gasteiger partial charge < -0.3 is 15.2 Å². The topological polar surface area (TPSA) is 78.6 Å².